The van der Waals surface area contributed by atoms with Crippen LogP contribution in [0.15, 0.2) is 24.3 Å². The normalized spacial score (nSPS) is 10.2. The number of carbonyl (C=O) groups excluding carboxylic acids is 1. The SMILES string of the molecule is CC(C)c1cccc(OCC(N)=O)c1. The second kappa shape index (κ2) is 4.65. The van der Waals surface area contributed by atoms with E-state index in [1.54, 1.807) is 0 Å². The third-order valence-corrected chi connectivity index (χ3v) is 1.91. The first-order valence-electron chi connectivity index (χ1n) is 4.60. The average Bonchev–Trinajstić information content (AvgIpc) is 2.15. The van der Waals surface area contributed by atoms with Crippen LogP contribution >= 0.6 is 0 Å². The Kier molecular flexibility index (Phi) is 3.51. The highest BCUT2D eigenvalue weighted by molar-refractivity contribution is 5.75. The predicted molar refractivity (Wildman–Crippen MR) is 55.2 cm³/mol. The number of ether oxygens (including phenoxy) is 1. The van der Waals surface area contributed by atoms with Crippen molar-refractivity contribution in [3.8, 4) is 5.75 Å². The third kappa shape index (κ3) is 3.09. The summed E-state index contributed by atoms with van der Waals surface area (Å²) in [5.74, 6) is 0.682. The van der Waals surface area contributed by atoms with E-state index in [0.29, 0.717) is 11.7 Å². The van der Waals surface area contributed by atoms with Crippen LogP contribution in [-0.4, -0.2) is 12.5 Å². The molecule has 0 saturated heterocycles. The van der Waals surface area contributed by atoms with Crippen LogP contribution in [0.1, 0.15) is 25.3 Å². The highest BCUT2D eigenvalue weighted by atomic mass is 16.5. The van der Waals surface area contributed by atoms with Crippen LogP contribution in [0.25, 0.3) is 0 Å². The van der Waals surface area contributed by atoms with Gasteiger partial charge in [0.25, 0.3) is 5.91 Å². The van der Waals surface area contributed by atoms with Crippen LogP contribution in [-0.2, 0) is 4.79 Å². The van der Waals surface area contributed by atoms with E-state index in [1.165, 1.54) is 5.56 Å². The van der Waals surface area contributed by atoms with Crippen LogP contribution in [0.4, 0.5) is 0 Å². The highest BCUT2D eigenvalue weighted by Crippen LogP contribution is 2.19. The van der Waals surface area contributed by atoms with Crippen molar-refractivity contribution >= 4 is 5.91 Å². The molecule has 3 heteroatoms. The maximum atomic E-state index is 10.5. The van der Waals surface area contributed by atoms with Gasteiger partial charge >= 0.3 is 0 Å². The second-order valence-electron chi connectivity index (χ2n) is 3.48. The van der Waals surface area contributed by atoms with E-state index in [-0.39, 0.29) is 6.61 Å². The zero-order valence-electron chi connectivity index (χ0n) is 8.49. The topological polar surface area (TPSA) is 52.3 Å². The van der Waals surface area contributed by atoms with Gasteiger partial charge in [-0.1, -0.05) is 26.0 Å². The van der Waals surface area contributed by atoms with Gasteiger partial charge in [0.15, 0.2) is 6.61 Å². The number of benzene rings is 1. The molecule has 0 heterocycles. The summed E-state index contributed by atoms with van der Waals surface area (Å²) < 4.78 is 5.18. The molecule has 0 fully saturated rings. The van der Waals surface area contributed by atoms with E-state index in [1.807, 2.05) is 24.3 Å². The minimum Gasteiger partial charge on any atom is -0.484 e. The van der Waals surface area contributed by atoms with Crippen LogP contribution < -0.4 is 10.5 Å². The zero-order chi connectivity index (χ0) is 10.6. The molecule has 0 saturated carbocycles. The number of primary amides is 1. The lowest BCUT2D eigenvalue weighted by Crippen LogP contribution is -2.20. The lowest BCUT2D eigenvalue weighted by atomic mass is 10.0. The number of nitrogens with two attached hydrogens (primary N) is 1. The van der Waals surface area contributed by atoms with Crippen molar-refractivity contribution in [2.75, 3.05) is 6.61 Å². The molecule has 0 radical (unpaired) electrons. The Morgan fingerprint density at radius 2 is 2.21 bits per heavy atom. The van der Waals surface area contributed by atoms with E-state index in [2.05, 4.69) is 13.8 Å². The van der Waals surface area contributed by atoms with Gasteiger partial charge in [0.05, 0.1) is 0 Å². The van der Waals surface area contributed by atoms with E-state index in [9.17, 15) is 4.79 Å². The molecule has 14 heavy (non-hydrogen) atoms. The monoisotopic (exact) mass is 193 g/mol. The van der Waals surface area contributed by atoms with Gasteiger partial charge in [-0.3, -0.25) is 4.79 Å². The number of carbonyl (C=O) groups is 1. The summed E-state index contributed by atoms with van der Waals surface area (Å²) in [5.41, 5.74) is 6.16. The van der Waals surface area contributed by atoms with Gasteiger partial charge in [-0.25, -0.2) is 0 Å². The molecular weight excluding hydrogens is 178 g/mol. The summed E-state index contributed by atoms with van der Waals surface area (Å²) in [6.45, 7) is 4.14. The molecule has 3 nitrogen and oxygen atoms in total. The quantitative estimate of drug-likeness (QED) is 0.790. The molecule has 0 aliphatic heterocycles. The Hall–Kier alpha value is -1.51. The number of hydrogen-bond donors (Lipinski definition) is 1. The first-order chi connectivity index (χ1) is 6.59. The summed E-state index contributed by atoms with van der Waals surface area (Å²) in [6.07, 6.45) is 0. The van der Waals surface area contributed by atoms with Gasteiger partial charge < -0.3 is 10.5 Å². The van der Waals surface area contributed by atoms with Crippen molar-refractivity contribution < 1.29 is 9.53 Å². The molecule has 1 aromatic carbocycles. The molecule has 0 bridgehead atoms. The van der Waals surface area contributed by atoms with Crippen LogP contribution in [0.2, 0.25) is 0 Å². The van der Waals surface area contributed by atoms with Crippen LogP contribution in [0, 0.1) is 0 Å². The van der Waals surface area contributed by atoms with Crippen molar-refractivity contribution in [1.29, 1.82) is 0 Å². The molecule has 0 atom stereocenters. The van der Waals surface area contributed by atoms with Gasteiger partial charge in [-0.2, -0.15) is 0 Å². The molecule has 1 aromatic rings. The zero-order valence-corrected chi connectivity index (χ0v) is 8.49. The van der Waals surface area contributed by atoms with E-state index in [4.69, 9.17) is 10.5 Å². The van der Waals surface area contributed by atoms with Crippen LogP contribution in [0.5, 0.6) is 5.75 Å². The molecular formula is C11H15NO2. The molecule has 2 N–H and O–H groups in total. The number of hydrogen-bond acceptors (Lipinski definition) is 2. The van der Waals surface area contributed by atoms with Gasteiger partial charge in [-0.15, -0.1) is 0 Å². The molecule has 0 spiro atoms. The summed E-state index contributed by atoms with van der Waals surface area (Å²) >= 11 is 0. The maximum Gasteiger partial charge on any atom is 0.255 e. The lowest BCUT2D eigenvalue weighted by Gasteiger charge is -2.08. The first kappa shape index (κ1) is 10.6. The minimum absolute atomic E-state index is 0.0679. The number of amides is 1. The van der Waals surface area contributed by atoms with Crippen molar-refractivity contribution in [1.82, 2.24) is 0 Å². The Morgan fingerprint density at radius 1 is 1.50 bits per heavy atom. The van der Waals surface area contributed by atoms with Crippen molar-refractivity contribution in [3.05, 3.63) is 29.8 Å². The summed E-state index contributed by atoms with van der Waals surface area (Å²) in [6, 6.07) is 7.68. The van der Waals surface area contributed by atoms with Gasteiger partial charge in [0, 0.05) is 0 Å². The fraction of sp³-hybridized carbons (Fsp3) is 0.364. The Balaban J connectivity index is 2.68. The minimum atomic E-state index is -0.458. The largest absolute Gasteiger partial charge is 0.484 e. The van der Waals surface area contributed by atoms with E-state index in [0.717, 1.165) is 0 Å². The molecule has 0 unspecified atom stereocenters. The fourth-order valence-corrected chi connectivity index (χ4v) is 1.12. The highest BCUT2D eigenvalue weighted by Gasteiger charge is 2.01. The van der Waals surface area contributed by atoms with Gasteiger partial charge in [-0.05, 0) is 23.6 Å². The first-order valence-corrected chi connectivity index (χ1v) is 4.60. The molecule has 1 amide bonds. The molecule has 1 rings (SSSR count). The fourth-order valence-electron chi connectivity index (χ4n) is 1.12. The van der Waals surface area contributed by atoms with Gasteiger partial charge in [0.2, 0.25) is 0 Å². The standard InChI is InChI=1S/C11H15NO2/c1-8(2)9-4-3-5-10(6-9)14-7-11(12)13/h3-6,8H,7H2,1-2H3,(H2,12,13). The summed E-state index contributed by atoms with van der Waals surface area (Å²) in [4.78, 5) is 10.5. The lowest BCUT2D eigenvalue weighted by molar-refractivity contribution is -0.119. The Labute approximate surface area is 83.9 Å². The van der Waals surface area contributed by atoms with Gasteiger partial charge in [0.1, 0.15) is 5.75 Å². The van der Waals surface area contributed by atoms with Crippen LogP contribution in [0.3, 0.4) is 0 Å². The van der Waals surface area contributed by atoms with Crippen molar-refractivity contribution in [2.24, 2.45) is 5.73 Å². The van der Waals surface area contributed by atoms with Crippen molar-refractivity contribution in [2.45, 2.75) is 19.8 Å². The molecule has 76 valence electrons. The second-order valence-corrected chi connectivity index (χ2v) is 3.48. The predicted octanol–water partition coefficient (Wildman–Crippen LogP) is 1.67. The van der Waals surface area contributed by atoms with E-state index >= 15 is 0 Å². The Bertz CT molecular complexity index is 321. The smallest absolute Gasteiger partial charge is 0.255 e. The molecule has 0 aromatic heterocycles. The third-order valence-electron chi connectivity index (χ3n) is 1.91. The van der Waals surface area contributed by atoms with Crippen molar-refractivity contribution in [3.63, 3.8) is 0 Å². The summed E-state index contributed by atoms with van der Waals surface area (Å²) in [7, 11) is 0. The Morgan fingerprint density at radius 3 is 2.79 bits per heavy atom. The maximum absolute atomic E-state index is 10.5. The summed E-state index contributed by atoms with van der Waals surface area (Å²) in [5, 5.41) is 0. The average molecular weight is 193 g/mol. The number of rotatable bonds is 4. The van der Waals surface area contributed by atoms with E-state index < -0.39 is 5.91 Å². The molecule has 0 aliphatic rings. The molecule has 0 aliphatic carbocycles.